The van der Waals surface area contributed by atoms with E-state index in [-0.39, 0.29) is 33.0 Å². The number of rotatable bonds is 16. The number of ether oxygens (including phenoxy) is 1. The normalized spacial score (nSPS) is 17.7. The molecule has 362 valence electrons. The van der Waals surface area contributed by atoms with Crippen molar-refractivity contribution in [1.82, 2.24) is 19.8 Å². The van der Waals surface area contributed by atoms with Gasteiger partial charge in [0.25, 0.3) is 5.69 Å². The average Bonchev–Trinajstić information content (AvgIpc) is 3.78. The van der Waals surface area contributed by atoms with Crippen molar-refractivity contribution >= 4 is 49.3 Å². The fourth-order valence-corrected chi connectivity index (χ4v) is 11.1. The molecule has 0 spiro atoms. The molecule has 0 saturated carbocycles. The highest BCUT2D eigenvalue weighted by Crippen LogP contribution is 2.45. The second-order valence-electron chi connectivity index (χ2n) is 19.3. The van der Waals surface area contributed by atoms with Crippen LogP contribution in [0.3, 0.4) is 0 Å². The molecule has 8 rings (SSSR count). The highest BCUT2D eigenvalue weighted by molar-refractivity contribution is 7.92. The quantitative estimate of drug-likeness (QED) is 0.0552. The van der Waals surface area contributed by atoms with Crippen molar-refractivity contribution in [2.75, 3.05) is 74.9 Å². The SMILES string of the molecule is CCN1CCC(CCNc2ccc(S(=O)(=O)CC(=O)c3ccc(N4CCN(CC5=C(c6ccc(C(F)(F)F)cc6C)CC(C)(C)CC5)CC4)cc3Oc3cnc4[nH]ccc4c3)cc2[N+](=O)[O-])CC1. The minimum atomic E-state index is -4.41. The van der Waals surface area contributed by atoms with Gasteiger partial charge in [-0.3, -0.25) is 19.8 Å². The zero-order valence-corrected chi connectivity index (χ0v) is 39.9. The number of alkyl halides is 3. The number of aryl methyl sites for hydroxylation is 1. The maximum absolute atomic E-state index is 14.1. The van der Waals surface area contributed by atoms with Crippen LogP contribution in [-0.4, -0.2) is 104 Å². The predicted octanol–water partition coefficient (Wildman–Crippen LogP) is 10.6. The Labute approximate surface area is 395 Å². The van der Waals surface area contributed by atoms with E-state index in [1.165, 1.54) is 36.0 Å². The van der Waals surface area contributed by atoms with E-state index < -0.39 is 38.0 Å². The standard InChI is InChI=1S/C51H60F3N7O6S/c1-5-58-20-15-35(16-21-58)13-18-55-45-11-8-41(29-46(45)61(63)64)68(65,66)33-47(62)43-10-7-39(28-48(43)67-40-27-36-14-19-56-49(36)57-31-40)60-24-22-59(23-25-60)32-37-12-17-50(3,4)30-44(37)42-9-6-38(26-34(42)2)51(52,53)54/h6-11,14,19,26-29,31,35,55H,5,12-13,15-18,20-25,30,32-33H2,1-4H3,(H,56,57). The van der Waals surface area contributed by atoms with Crippen LogP contribution in [0.2, 0.25) is 0 Å². The fourth-order valence-electron chi connectivity index (χ4n) is 9.87. The third kappa shape index (κ3) is 11.4. The van der Waals surface area contributed by atoms with Gasteiger partial charge in [0.1, 0.15) is 28.6 Å². The van der Waals surface area contributed by atoms with Crippen LogP contribution in [0.5, 0.6) is 11.5 Å². The van der Waals surface area contributed by atoms with Crippen LogP contribution in [-0.2, 0) is 16.0 Å². The summed E-state index contributed by atoms with van der Waals surface area (Å²) in [5.74, 6) is -0.708. The van der Waals surface area contributed by atoms with Crippen molar-refractivity contribution in [2.24, 2.45) is 11.3 Å². The number of nitrogens with zero attached hydrogens (tertiary/aromatic N) is 5. The van der Waals surface area contributed by atoms with Crippen molar-refractivity contribution in [2.45, 2.75) is 77.3 Å². The van der Waals surface area contributed by atoms with E-state index >= 15 is 0 Å². The number of halogens is 3. The number of piperazine rings is 1. The Kier molecular flexibility index (Phi) is 14.4. The molecule has 2 aliphatic heterocycles. The molecule has 2 N–H and O–H groups in total. The van der Waals surface area contributed by atoms with E-state index in [0.29, 0.717) is 62.1 Å². The number of allylic oxidation sites excluding steroid dienone is 1. The molecular formula is C51H60F3N7O6S. The maximum atomic E-state index is 14.1. The molecule has 3 aromatic carbocycles. The number of piperidine rings is 1. The van der Waals surface area contributed by atoms with Crippen LogP contribution < -0.4 is 15.0 Å². The minimum Gasteiger partial charge on any atom is -0.455 e. The van der Waals surface area contributed by atoms with E-state index in [0.717, 1.165) is 86.4 Å². The Morgan fingerprint density at radius 2 is 1.75 bits per heavy atom. The van der Waals surface area contributed by atoms with Crippen molar-refractivity contribution in [1.29, 1.82) is 0 Å². The number of nitro groups is 1. The molecule has 3 aliphatic rings. The van der Waals surface area contributed by atoms with Crippen molar-refractivity contribution in [3.8, 4) is 11.5 Å². The number of nitrogens with one attached hydrogen (secondary N) is 2. The summed E-state index contributed by atoms with van der Waals surface area (Å²) in [5.41, 5.74) is 4.51. The summed E-state index contributed by atoms with van der Waals surface area (Å²) in [6, 6.07) is 16.4. The minimum absolute atomic E-state index is 0.0168. The molecule has 1 aliphatic carbocycles. The Bertz CT molecular complexity index is 2810. The molecule has 17 heteroatoms. The monoisotopic (exact) mass is 955 g/mol. The van der Waals surface area contributed by atoms with E-state index in [1.54, 1.807) is 43.5 Å². The van der Waals surface area contributed by atoms with E-state index in [9.17, 15) is 36.5 Å². The van der Waals surface area contributed by atoms with Crippen LogP contribution in [0, 0.1) is 28.4 Å². The molecule has 2 fully saturated rings. The number of carbonyl (C=O) groups excluding carboxylic acids is 1. The van der Waals surface area contributed by atoms with Gasteiger partial charge in [-0.15, -0.1) is 0 Å². The number of ketones is 1. The number of nitro benzene ring substituents is 1. The predicted molar refractivity (Wildman–Crippen MR) is 259 cm³/mol. The highest BCUT2D eigenvalue weighted by atomic mass is 32.2. The molecule has 13 nitrogen and oxygen atoms in total. The van der Waals surface area contributed by atoms with Gasteiger partial charge in [-0.25, -0.2) is 13.4 Å². The maximum Gasteiger partial charge on any atom is 0.416 e. The van der Waals surface area contributed by atoms with Crippen molar-refractivity contribution in [3.05, 3.63) is 117 Å². The number of Topliss-reactive ketones (excluding diaryl/α,β-unsaturated/α-hetero) is 1. The molecule has 0 atom stereocenters. The first-order valence-electron chi connectivity index (χ1n) is 23.5. The number of fused-ring (bicyclic) bond motifs is 1. The largest absolute Gasteiger partial charge is 0.455 e. The number of carbonyl (C=O) groups is 1. The summed E-state index contributed by atoms with van der Waals surface area (Å²) in [6.07, 6.45) is 4.43. The first kappa shape index (κ1) is 48.7. The van der Waals surface area contributed by atoms with Gasteiger partial charge >= 0.3 is 6.18 Å². The van der Waals surface area contributed by atoms with Gasteiger partial charge in [0.2, 0.25) is 0 Å². The Morgan fingerprint density at radius 3 is 2.46 bits per heavy atom. The van der Waals surface area contributed by atoms with Gasteiger partial charge in [-0.2, -0.15) is 13.2 Å². The van der Waals surface area contributed by atoms with E-state index in [1.807, 2.05) is 6.07 Å². The number of aromatic nitrogens is 2. The average molecular weight is 956 g/mol. The van der Waals surface area contributed by atoms with Gasteiger partial charge in [-0.05, 0) is 142 Å². The number of likely N-dealkylation sites (tertiary alicyclic amines) is 1. The van der Waals surface area contributed by atoms with Gasteiger partial charge in [0.05, 0.1) is 27.1 Å². The number of pyridine rings is 1. The summed E-state index contributed by atoms with van der Waals surface area (Å²) in [4.78, 5) is 39.8. The molecule has 4 heterocycles. The highest BCUT2D eigenvalue weighted by Gasteiger charge is 2.34. The number of anilines is 2. The number of sulfone groups is 1. The first-order valence-corrected chi connectivity index (χ1v) is 25.1. The lowest BCUT2D eigenvalue weighted by atomic mass is 9.72. The molecule has 5 aromatic rings. The number of benzene rings is 3. The lowest BCUT2D eigenvalue weighted by Gasteiger charge is -2.39. The second-order valence-corrected chi connectivity index (χ2v) is 21.3. The first-order chi connectivity index (χ1) is 32.4. The Hall–Kier alpha value is -5.78. The Balaban J connectivity index is 0.983. The van der Waals surface area contributed by atoms with Crippen LogP contribution in [0.1, 0.15) is 86.3 Å². The summed E-state index contributed by atoms with van der Waals surface area (Å²) >= 11 is 0. The number of aromatic amines is 1. The zero-order valence-electron chi connectivity index (χ0n) is 39.1. The van der Waals surface area contributed by atoms with Gasteiger partial charge in [0.15, 0.2) is 15.6 Å². The molecule has 2 saturated heterocycles. The van der Waals surface area contributed by atoms with Gasteiger partial charge in [0, 0.05) is 68.7 Å². The fraction of sp³-hybridized carbons (Fsp3) is 0.451. The van der Waals surface area contributed by atoms with E-state index in [2.05, 4.69) is 50.8 Å². The van der Waals surface area contributed by atoms with Crippen LogP contribution in [0.15, 0.2) is 89.6 Å². The number of hydrogen-bond acceptors (Lipinski definition) is 11. The van der Waals surface area contributed by atoms with Crippen molar-refractivity contribution in [3.63, 3.8) is 0 Å². The summed E-state index contributed by atoms with van der Waals surface area (Å²) in [6.45, 7) is 15.3. The molecule has 0 unspecified atom stereocenters. The molecule has 0 amide bonds. The number of H-pyrrole nitrogens is 1. The summed E-state index contributed by atoms with van der Waals surface area (Å²) in [7, 11) is -4.35. The zero-order chi connectivity index (χ0) is 48.4. The lowest BCUT2D eigenvalue weighted by molar-refractivity contribution is -0.384. The third-order valence-corrected chi connectivity index (χ3v) is 15.6. The van der Waals surface area contributed by atoms with Gasteiger partial charge in [-0.1, -0.05) is 32.4 Å². The van der Waals surface area contributed by atoms with Crippen LogP contribution in [0.25, 0.3) is 16.6 Å². The molecule has 2 aromatic heterocycles. The molecule has 0 radical (unpaired) electrons. The summed E-state index contributed by atoms with van der Waals surface area (Å²) < 4.78 is 74.8. The van der Waals surface area contributed by atoms with E-state index in [4.69, 9.17) is 4.74 Å². The molecule has 0 bridgehead atoms. The van der Waals surface area contributed by atoms with Gasteiger partial charge < -0.3 is 24.8 Å². The van der Waals surface area contributed by atoms with Crippen LogP contribution in [0.4, 0.5) is 30.2 Å². The molecular weight excluding hydrogens is 896 g/mol. The topological polar surface area (TPSA) is 154 Å². The molecule has 68 heavy (non-hydrogen) atoms. The summed E-state index contributed by atoms with van der Waals surface area (Å²) in [5, 5.41) is 16.1. The smallest absolute Gasteiger partial charge is 0.416 e. The number of hydrogen-bond donors (Lipinski definition) is 2. The van der Waals surface area contributed by atoms with Crippen LogP contribution >= 0.6 is 0 Å². The third-order valence-electron chi connectivity index (χ3n) is 14.0. The second kappa shape index (κ2) is 20.1. The van der Waals surface area contributed by atoms with Crippen molar-refractivity contribution < 1.29 is 36.0 Å². The lowest BCUT2D eigenvalue weighted by Crippen LogP contribution is -2.47. The Morgan fingerprint density at radius 1 is 0.985 bits per heavy atom.